The van der Waals surface area contributed by atoms with Gasteiger partial charge in [0.05, 0.1) is 6.10 Å². The molecule has 4 nitrogen and oxygen atoms in total. The van der Waals surface area contributed by atoms with Crippen LogP contribution in [-0.4, -0.2) is 46.1 Å². The van der Waals surface area contributed by atoms with E-state index in [2.05, 4.69) is 4.74 Å². The van der Waals surface area contributed by atoms with Crippen LogP contribution in [0.1, 0.15) is 6.92 Å². The van der Waals surface area contributed by atoms with Crippen molar-refractivity contribution in [3.8, 4) is 0 Å². The first kappa shape index (κ1) is 8.86. The van der Waals surface area contributed by atoms with Crippen molar-refractivity contribution >= 4 is 0 Å². The third-order valence-corrected chi connectivity index (χ3v) is 1.79. The van der Waals surface area contributed by atoms with Gasteiger partial charge in [-0.3, -0.25) is 0 Å². The predicted molar refractivity (Wildman–Crippen MR) is 33.5 cm³/mol. The van der Waals surface area contributed by atoms with Crippen molar-refractivity contribution in [1.82, 2.24) is 0 Å². The maximum atomic E-state index is 12.5. The molecule has 0 saturated carbocycles. The van der Waals surface area contributed by atoms with E-state index in [4.69, 9.17) is 15.3 Å². The second-order valence-electron chi connectivity index (χ2n) is 2.66. The van der Waals surface area contributed by atoms with Gasteiger partial charge in [-0.15, -0.1) is 0 Å². The van der Waals surface area contributed by atoms with E-state index in [0.717, 1.165) is 0 Å². The first-order valence-corrected chi connectivity index (χ1v) is 3.37. The lowest BCUT2D eigenvalue weighted by Gasteiger charge is -2.35. The van der Waals surface area contributed by atoms with Gasteiger partial charge in [0.2, 0.25) is 6.36 Å². The highest BCUT2D eigenvalue weighted by atomic mass is 19.1. The number of aliphatic hydroxyl groups excluding tert-OH is 3. The van der Waals surface area contributed by atoms with Crippen LogP contribution in [0.2, 0.25) is 0 Å². The molecule has 0 aliphatic carbocycles. The second-order valence-corrected chi connectivity index (χ2v) is 2.66. The van der Waals surface area contributed by atoms with E-state index >= 15 is 0 Å². The molecule has 1 aliphatic heterocycles. The van der Waals surface area contributed by atoms with Gasteiger partial charge < -0.3 is 20.1 Å². The molecule has 1 saturated heterocycles. The molecule has 0 bridgehead atoms. The Morgan fingerprint density at radius 2 is 1.64 bits per heavy atom. The van der Waals surface area contributed by atoms with Gasteiger partial charge in [-0.1, -0.05) is 0 Å². The number of halogens is 1. The van der Waals surface area contributed by atoms with Gasteiger partial charge in [-0.05, 0) is 6.92 Å². The molecule has 3 N–H and O–H groups in total. The van der Waals surface area contributed by atoms with Crippen molar-refractivity contribution in [1.29, 1.82) is 0 Å². The van der Waals surface area contributed by atoms with Crippen LogP contribution in [0.15, 0.2) is 0 Å². The van der Waals surface area contributed by atoms with E-state index in [0.29, 0.717) is 0 Å². The maximum absolute atomic E-state index is 12.5. The first-order chi connectivity index (χ1) is 5.04. The van der Waals surface area contributed by atoms with Crippen LogP contribution in [-0.2, 0) is 4.74 Å². The Morgan fingerprint density at radius 1 is 1.09 bits per heavy atom. The molecule has 66 valence electrons. The highest BCUT2D eigenvalue weighted by molar-refractivity contribution is 4.86. The molecule has 1 rings (SSSR count). The summed E-state index contributed by atoms with van der Waals surface area (Å²) in [6.45, 7) is 1.42. The van der Waals surface area contributed by atoms with E-state index in [9.17, 15) is 4.39 Å². The van der Waals surface area contributed by atoms with Gasteiger partial charge in [0.1, 0.15) is 18.3 Å². The molecule has 0 aromatic carbocycles. The molecule has 0 spiro atoms. The zero-order valence-corrected chi connectivity index (χ0v) is 6.01. The fourth-order valence-electron chi connectivity index (χ4n) is 1.00. The van der Waals surface area contributed by atoms with Crippen molar-refractivity contribution < 1.29 is 24.4 Å². The number of rotatable bonds is 0. The van der Waals surface area contributed by atoms with Gasteiger partial charge in [0, 0.05) is 0 Å². The molecule has 5 atom stereocenters. The molecule has 1 aliphatic rings. The van der Waals surface area contributed by atoms with Crippen LogP contribution < -0.4 is 0 Å². The lowest BCUT2D eigenvalue weighted by Crippen LogP contribution is -2.55. The summed E-state index contributed by atoms with van der Waals surface area (Å²) >= 11 is 0. The van der Waals surface area contributed by atoms with E-state index in [-0.39, 0.29) is 0 Å². The normalized spacial score (nSPS) is 52.6. The zero-order valence-electron chi connectivity index (χ0n) is 6.01. The Morgan fingerprint density at radius 3 is 2.18 bits per heavy atom. The second kappa shape index (κ2) is 3.02. The maximum Gasteiger partial charge on any atom is 0.228 e. The Bertz CT molecular complexity index is 129. The van der Waals surface area contributed by atoms with Gasteiger partial charge in [-0.2, -0.15) is 0 Å². The average molecular weight is 166 g/mol. The molecule has 0 amide bonds. The van der Waals surface area contributed by atoms with Crippen molar-refractivity contribution in [3.63, 3.8) is 0 Å². The predicted octanol–water partition coefficient (Wildman–Crippen LogP) is -1.22. The molecule has 1 fully saturated rings. The minimum atomic E-state index is -1.91. The fraction of sp³-hybridized carbons (Fsp3) is 1.00. The lowest BCUT2D eigenvalue weighted by molar-refractivity contribution is -0.252. The number of alkyl halides is 1. The fourth-order valence-corrected chi connectivity index (χ4v) is 1.00. The summed E-state index contributed by atoms with van der Waals surface area (Å²) in [6, 6.07) is 0. The summed E-state index contributed by atoms with van der Waals surface area (Å²) in [6.07, 6.45) is -7.04. The summed E-state index contributed by atoms with van der Waals surface area (Å²) < 4.78 is 17.0. The van der Waals surface area contributed by atoms with Crippen molar-refractivity contribution in [2.24, 2.45) is 0 Å². The van der Waals surface area contributed by atoms with Gasteiger partial charge in [0.15, 0.2) is 0 Å². The minimum Gasteiger partial charge on any atom is -0.388 e. The zero-order chi connectivity index (χ0) is 8.59. The summed E-state index contributed by atoms with van der Waals surface area (Å²) in [5.74, 6) is 0. The number of hydrogen-bond donors (Lipinski definition) is 3. The Kier molecular flexibility index (Phi) is 2.43. The van der Waals surface area contributed by atoms with E-state index < -0.39 is 30.8 Å². The standard InChI is InChI=1S/C6H11FO4/c1-2-3(8)4(9)5(10)6(7)11-2/h2-6,8-10H,1H3/t2-,3-,4-,5+,6?/m0/s1. The summed E-state index contributed by atoms with van der Waals surface area (Å²) in [5, 5.41) is 26.8. The van der Waals surface area contributed by atoms with Crippen LogP contribution in [0, 0.1) is 0 Å². The summed E-state index contributed by atoms with van der Waals surface area (Å²) in [4.78, 5) is 0. The van der Waals surface area contributed by atoms with Crippen LogP contribution in [0.4, 0.5) is 4.39 Å². The highest BCUT2D eigenvalue weighted by Crippen LogP contribution is 2.21. The molecule has 11 heavy (non-hydrogen) atoms. The van der Waals surface area contributed by atoms with Crippen molar-refractivity contribution in [3.05, 3.63) is 0 Å². The SMILES string of the molecule is C[C@@H]1OC(F)[C@H](O)[C@@H](O)[C@H]1O. The van der Waals surface area contributed by atoms with Crippen LogP contribution >= 0.6 is 0 Å². The molecule has 0 aromatic rings. The summed E-state index contributed by atoms with van der Waals surface area (Å²) in [7, 11) is 0. The topological polar surface area (TPSA) is 69.9 Å². The van der Waals surface area contributed by atoms with Crippen molar-refractivity contribution in [2.45, 2.75) is 37.7 Å². The van der Waals surface area contributed by atoms with E-state index in [1.54, 1.807) is 0 Å². The third kappa shape index (κ3) is 1.51. The Balaban J connectivity index is 2.63. The molecule has 1 unspecified atom stereocenters. The van der Waals surface area contributed by atoms with E-state index in [1.807, 2.05) is 0 Å². The van der Waals surface area contributed by atoms with Crippen LogP contribution in [0.25, 0.3) is 0 Å². The largest absolute Gasteiger partial charge is 0.388 e. The van der Waals surface area contributed by atoms with Gasteiger partial charge >= 0.3 is 0 Å². The third-order valence-electron chi connectivity index (χ3n) is 1.79. The number of ether oxygens (including phenoxy) is 1. The van der Waals surface area contributed by atoms with Crippen molar-refractivity contribution in [2.75, 3.05) is 0 Å². The smallest absolute Gasteiger partial charge is 0.228 e. The van der Waals surface area contributed by atoms with Crippen LogP contribution in [0.5, 0.6) is 0 Å². The minimum absolute atomic E-state index is 0.789. The van der Waals surface area contributed by atoms with Gasteiger partial charge in [0.25, 0.3) is 0 Å². The first-order valence-electron chi connectivity index (χ1n) is 3.37. The number of aliphatic hydroxyl groups is 3. The lowest BCUT2D eigenvalue weighted by atomic mass is 10.0. The molecule has 0 radical (unpaired) electrons. The van der Waals surface area contributed by atoms with Crippen LogP contribution in [0.3, 0.4) is 0 Å². The molecule has 1 heterocycles. The van der Waals surface area contributed by atoms with E-state index in [1.165, 1.54) is 6.92 Å². The quantitative estimate of drug-likeness (QED) is 0.422. The Hall–Kier alpha value is -0.230. The average Bonchev–Trinajstić information content (AvgIpc) is 1.97. The Labute approximate surface area is 63.2 Å². The molecule has 5 heteroatoms. The highest BCUT2D eigenvalue weighted by Gasteiger charge is 2.41. The van der Waals surface area contributed by atoms with Gasteiger partial charge in [-0.25, -0.2) is 4.39 Å². The number of hydrogen-bond acceptors (Lipinski definition) is 4. The molecular formula is C6H11FO4. The molecule has 0 aromatic heterocycles. The summed E-state index contributed by atoms with van der Waals surface area (Å²) in [5.41, 5.74) is 0. The molecular weight excluding hydrogens is 155 g/mol. The monoisotopic (exact) mass is 166 g/mol.